The fraction of sp³-hybridized carbons (Fsp3) is 0.286. The average molecular weight is 354 g/mol. The van der Waals surface area contributed by atoms with Gasteiger partial charge >= 0.3 is 5.97 Å². The average Bonchev–Trinajstić information content (AvgIpc) is 2.75. The van der Waals surface area contributed by atoms with E-state index in [2.05, 4.69) is 20.9 Å². The number of hydrogen-bond acceptors (Lipinski definition) is 5. The molecule has 0 unspecified atom stereocenters. The Morgan fingerprint density at radius 3 is 2.81 bits per heavy atom. The predicted octanol–water partition coefficient (Wildman–Crippen LogP) is 2.71. The van der Waals surface area contributed by atoms with E-state index in [0.29, 0.717) is 11.6 Å². The largest absolute Gasteiger partial charge is 0.497 e. The van der Waals surface area contributed by atoms with Gasteiger partial charge in [0.15, 0.2) is 5.69 Å². The number of aryl methyl sites for hydroxylation is 1. The zero-order valence-corrected chi connectivity index (χ0v) is 13.6. The molecule has 112 valence electrons. The highest BCUT2D eigenvalue weighted by Crippen LogP contribution is 2.30. The Kier molecular flexibility index (Phi) is 4.52. The minimum atomic E-state index is -0.532. The van der Waals surface area contributed by atoms with Crippen LogP contribution in [0.4, 0.5) is 5.82 Å². The number of ether oxygens (including phenoxy) is 2. The molecule has 0 bridgehead atoms. The number of hydrogen-bond donors (Lipinski definition) is 1. The van der Waals surface area contributed by atoms with Gasteiger partial charge in [0.25, 0.3) is 0 Å². The van der Waals surface area contributed by atoms with Gasteiger partial charge in [-0.05, 0) is 41.9 Å². The van der Waals surface area contributed by atoms with Gasteiger partial charge in [-0.15, -0.1) is 0 Å². The lowest BCUT2D eigenvalue weighted by molar-refractivity contribution is 0.0521. The second-order valence-corrected chi connectivity index (χ2v) is 5.12. The molecule has 0 saturated carbocycles. The predicted molar refractivity (Wildman–Crippen MR) is 82.9 cm³/mol. The Bertz CT molecular complexity index is 682. The summed E-state index contributed by atoms with van der Waals surface area (Å²) in [5.74, 6) is 0.971. The molecule has 1 heterocycles. The van der Waals surface area contributed by atoms with Gasteiger partial charge in [-0.25, -0.2) is 9.78 Å². The van der Waals surface area contributed by atoms with Crippen LogP contribution in [-0.2, 0) is 4.74 Å². The first-order chi connectivity index (χ1) is 9.99. The van der Waals surface area contributed by atoms with E-state index >= 15 is 0 Å². The van der Waals surface area contributed by atoms with E-state index in [-0.39, 0.29) is 18.1 Å². The topological polar surface area (TPSA) is 79.4 Å². The van der Waals surface area contributed by atoms with Crippen molar-refractivity contribution in [2.24, 2.45) is 0 Å². The van der Waals surface area contributed by atoms with Crippen molar-refractivity contribution in [1.82, 2.24) is 9.55 Å². The number of halogens is 1. The molecule has 0 aliphatic carbocycles. The number of nitrogens with zero attached hydrogens (tertiary/aromatic N) is 2. The number of nitrogens with two attached hydrogens (primary N) is 1. The van der Waals surface area contributed by atoms with Crippen LogP contribution in [0.15, 0.2) is 22.7 Å². The SMILES string of the molecule is CCOC(=O)c1nc(C)n(-c2cc(OC)ccc2Br)c1N. The summed E-state index contributed by atoms with van der Waals surface area (Å²) in [6, 6.07) is 5.48. The molecule has 0 aliphatic heterocycles. The lowest BCUT2D eigenvalue weighted by Gasteiger charge is -2.11. The summed E-state index contributed by atoms with van der Waals surface area (Å²) >= 11 is 3.47. The Morgan fingerprint density at radius 2 is 2.19 bits per heavy atom. The third-order valence-corrected chi connectivity index (χ3v) is 3.61. The number of methoxy groups -OCH3 is 1. The molecule has 2 N–H and O–H groups in total. The fourth-order valence-electron chi connectivity index (χ4n) is 1.99. The number of benzene rings is 1. The standard InChI is InChI=1S/C14H16BrN3O3/c1-4-21-14(19)12-13(16)18(8(2)17-12)11-7-9(20-3)5-6-10(11)15/h5-7H,4,16H2,1-3H3. The van der Waals surface area contributed by atoms with Gasteiger partial charge in [0, 0.05) is 10.5 Å². The number of imidazole rings is 1. The number of nitrogen functional groups attached to an aromatic ring is 1. The number of anilines is 1. The van der Waals surface area contributed by atoms with Gasteiger partial charge in [0.2, 0.25) is 0 Å². The quantitative estimate of drug-likeness (QED) is 0.854. The molecule has 2 aromatic rings. The molecule has 21 heavy (non-hydrogen) atoms. The van der Waals surface area contributed by atoms with Crippen LogP contribution in [0.5, 0.6) is 5.75 Å². The lowest BCUT2D eigenvalue weighted by atomic mass is 10.3. The number of carbonyl (C=O) groups is 1. The van der Waals surface area contributed by atoms with Gasteiger partial charge in [0.05, 0.1) is 19.4 Å². The van der Waals surface area contributed by atoms with E-state index in [0.717, 1.165) is 10.2 Å². The van der Waals surface area contributed by atoms with Crippen molar-refractivity contribution in [3.63, 3.8) is 0 Å². The Hall–Kier alpha value is -2.02. The van der Waals surface area contributed by atoms with Gasteiger partial charge in [-0.3, -0.25) is 4.57 Å². The third kappa shape index (κ3) is 2.87. The summed E-state index contributed by atoms with van der Waals surface area (Å²) in [7, 11) is 1.58. The minimum absolute atomic E-state index is 0.115. The van der Waals surface area contributed by atoms with E-state index in [1.807, 2.05) is 18.2 Å². The van der Waals surface area contributed by atoms with Crippen molar-refractivity contribution >= 4 is 27.7 Å². The van der Waals surface area contributed by atoms with E-state index in [9.17, 15) is 4.79 Å². The summed E-state index contributed by atoms with van der Waals surface area (Å²) in [6.45, 7) is 3.77. The van der Waals surface area contributed by atoms with Crippen molar-refractivity contribution in [3.05, 3.63) is 34.2 Å². The summed E-state index contributed by atoms with van der Waals surface area (Å²) in [5.41, 5.74) is 6.92. The minimum Gasteiger partial charge on any atom is -0.497 e. The molecule has 0 radical (unpaired) electrons. The molecular weight excluding hydrogens is 338 g/mol. The van der Waals surface area contributed by atoms with Crippen molar-refractivity contribution in [2.45, 2.75) is 13.8 Å². The van der Waals surface area contributed by atoms with E-state index in [4.69, 9.17) is 15.2 Å². The smallest absolute Gasteiger partial charge is 0.360 e. The van der Waals surface area contributed by atoms with E-state index in [1.54, 1.807) is 25.5 Å². The molecule has 6 nitrogen and oxygen atoms in total. The first-order valence-corrected chi connectivity index (χ1v) is 7.14. The fourth-order valence-corrected chi connectivity index (χ4v) is 2.42. The van der Waals surface area contributed by atoms with E-state index < -0.39 is 5.97 Å². The Labute approximate surface area is 131 Å². The van der Waals surface area contributed by atoms with Crippen LogP contribution in [0.2, 0.25) is 0 Å². The van der Waals surface area contributed by atoms with Crippen LogP contribution in [-0.4, -0.2) is 29.2 Å². The zero-order valence-electron chi connectivity index (χ0n) is 12.0. The molecule has 0 saturated heterocycles. The lowest BCUT2D eigenvalue weighted by Crippen LogP contribution is -2.09. The van der Waals surface area contributed by atoms with Crippen molar-refractivity contribution in [2.75, 3.05) is 19.5 Å². The number of esters is 1. The van der Waals surface area contributed by atoms with Crippen LogP contribution in [0.3, 0.4) is 0 Å². The van der Waals surface area contributed by atoms with Crippen LogP contribution >= 0.6 is 15.9 Å². The van der Waals surface area contributed by atoms with Crippen LogP contribution in [0, 0.1) is 6.92 Å². The maximum absolute atomic E-state index is 11.9. The summed E-state index contributed by atoms with van der Waals surface area (Å²) < 4.78 is 12.7. The van der Waals surface area contributed by atoms with Gasteiger partial charge in [0.1, 0.15) is 17.4 Å². The highest BCUT2D eigenvalue weighted by Gasteiger charge is 2.21. The molecule has 0 aliphatic rings. The van der Waals surface area contributed by atoms with Gasteiger partial charge < -0.3 is 15.2 Å². The number of aromatic nitrogens is 2. The molecular formula is C14H16BrN3O3. The Balaban J connectivity index is 2.57. The van der Waals surface area contributed by atoms with Gasteiger partial charge in [-0.1, -0.05) is 0 Å². The molecule has 2 rings (SSSR count). The molecule has 0 atom stereocenters. The molecule has 0 spiro atoms. The molecule has 1 aromatic heterocycles. The van der Waals surface area contributed by atoms with Crippen molar-refractivity contribution in [1.29, 1.82) is 0 Å². The van der Waals surface area contributed by atoms with Crippen LogP contribution < -0.4 is 10.5 Å². The highest BCUT2D eigenvalue weighted by molar-refractivity contribution is 9.10. The second kappa shape index (κ2) is 6.17. The molecule has 7 heteroatoms. The maximum Gasteiger partial charge on any atom is 0.360 e. The van der Waals surface area contributed by atoms with Crippen molar-refractivity contribution < 1.29 is 14.3 Å². The maximum atomic E-state index is 11.9. The number of carbonyl (C=O) groups excluding carboxylic acids is 1. The Morgan fingerprint density at radius 1 is 1.48 bits per heavy atom. The monoisotopic (exact) mass is 353 g/mol. The summed E-state index contributed by atoms with van der Waals surface area (Å²) in [5, 5.41) is 0. The zero-order chi connectivity index (χ0) is 15.6. The first kappa shape index (κ1) is 15.4. The first-order valence-electron chi connectivity index (χ1n) is 6.35. The van der Waals surface area contributed by atoms with E-state index in [1.165, 1.54) is 0 Å². The van der Waals surface area contributed by atoms with Crippen LogP contribution in [0.25, 0.3) is 5.69 Å². The summed E-state index contributed by atoms with van der Waals surface area (Å²) in [6.07, 6.45) is 0. The normalized spacial score (nSPS) is 10.5. The number of rotatable bonds is 4. The molecule has 0 fully saturated rings. The second-order valence-electron chi connectivity index (χ2n) is 4.27. The van der Waals surface area contributed by atoms with Crippen LogP contribution in [0.1, 0.15) is 23.2 Å². The highest BCUT2D eigenvalue weighted by atomic mass is 79.9. The summed E-state index contributed by atoms with van der Waals surface area (Å²) in [4.78, 5) is 16.1. The molecule has 1 aromatic carbocycles. The van der Waals surface area contributed by atoms with Crippen molar-refractivity contribution in [3.8, 4) is 11.4 Å². The third-order valence-electron chi connectivity index (χ3n) is 2.94. The molecule has 0 amide bonds. The van der Waals surface area contributed by atoms with Gasteiger partial charge in [-0.2, -0.15) is 0 Å².